The molecule has 3 unspecified atom stereocenters. The summed E-state index contributed by atoms with van der Waals surface area (Å²) in [7, 11) is 0. The standard InChI is InChI=1S/C19H32O3/c1-4-16-15(10-7-8-13(2)18(21)22)17(20)12-14-9-5-6-11-19(14,16)3/h13-16H,4-12H2,1-3H3,(H,21,22)/t13?,14-,15?,16?,19-/m0/s1. The van der Waals surface area contributed by atoms with Crippen LogP contribution in [0.4, 0.5) is 0 Å². The van der Waals surface area contributed by atoms with Crippen LogP contribution in [0.1, 0.15) is 78.6 Å². The van der Waals surface area contributed by atoms with E-state index in [1.54, 1.807) is 6.92 Å². The van der Waals surface area contributed by atoms with E-state index in [1.807, 2.05) is 0 Å². The van der Waals surface area contributed by atoms with Crippen molar-refractivity contribution in [1.82, 2.24) is 0 Å². The zero-order valence-corrected chi connectivity index (χ0v) is 14.4. The summed E-state index contributed by atoms with van der Waals surface area (Å²) in [5, 5.41) is 9.00. The van der Waals surface area contributed by atoms with Gasteiger partial charge in [-0.05, 0) is 42.9 Å². The van der Waals surface area contributed by atoms with Gasteiger partial charge >= 0.3 is 5.97 Å². The number of carboxylic acid groups (broad SMARTS) is 1. The van der Waals surface area contributed by atoms with Gasteiger partial charge in [0.15, 0.2) is 0 Å². The number of hydrogen-bond acceptors (Lipinski definition) is 2. The lowest BCUT2D eigenvalue weighted by Gasteiger charge is -2.53. The van der Waals surface area contributed by atoms with Crippen molar-refractivity contribution in [2.45, 2.75) is 78.6 Å². The molecule has 2 aliphatic rings. The molecule has 0 radical (unpaired) electrons. The summed E-state index contributed by atoms with van der Waals surface area (Å²) >= 11 is 0. The minimum Gasteiger partial charge on any atom is -0.481 e. The maximum absolute atomic E-state index is 12.7. The quantitative estimate of drug-likeness (QED) is 0.774. The largest absolute Gasteiger partial charge is 0.481 e. The van der Waals surface area contributed by atoms with Crippen molar-refractivity contribution in [3.05, 3.63) is 0 Å². The summed E-state index contributed by atoms with van der Waals surface area (Å²) in [6.07, 6.45) is 9.37. The average Bonchev–Trinajstić information content (AvgIpc) is 2.47. The van der Waals surface area contributed by atoms with Crippen LogP contribution in [0.2, 0.25) is 0 Å². The summed E-state index contributed by atoms with van der Waals surface area (Å²) in [5.41, 5.74) is 0.337. The second-order valence-corrected chi connectivity index (χ2v) is 7.91. The highest BCUT2D eigenvalue weighted by Gasteiger charge is 2.50. The van der Waals surface area contributed by atoms with E-state index in [4.69, 9.17) is 5.11 Å². The van der Waals surface area contributed by atoms with E-state index in [0.29, 0.717) is 29.5 Å². The fraction of sp³-hybridized carbons (Fsp3) is 0.895. The van der Waals surface area contributed by atoms with Crippen molar-refractivity contribution in [1.29, 1.82) is 0 Å². The first kappa shape index (κ1) is 17.5. The van der Waals surface area contributed by atoms with Crippen LogP contribution in [-0.2, 0) is 9.59 Å². The smallest absolute Gasteiger partial charge is 0.306 e. The van der Waals surface area contributed by atoms with Crippen LogP contribution in [0.15, 0.2) is 0 Å². The van der Waals surface area contributed by atoms with E-state index in [1.165, 1.54) is 25.7 Å². The highest BCUT2D eigenvalue weighted by molar-refractivity contribution is 5.82. The molecule has 0 aromatic carbocycles. The van der Waals surface area contributed by atoms with Crippen molar-refractivity contribution in [3.63, 3.8) is 0 Å². The predicted octanol–water partition coefficient (Wildman–Crippen LogP) is 4.69. The van der Waals surface area contributed by atoms with E-state index in [0.717, 1.165) is 25.7 Å². The zero-order chi connectivity index (χ0) is 16.3. The zero-order valence-electron chi connectivity index (χ0n) is 14.4. The third-order valence-electron chi connectivity index (χ3n) is 6.66. The van der Waals surface area contributed by atoms with E-state index in [2.05, 4.69) is 13.8 Å². The topological polar surface area (TPSA) is 54.4 Å². The molecule has 0 aromatic heterocycles. The fourth-order valence-electron chi connectivity index (χ4n) is 5.21. The van der Waals surface area contributed by atoms with Crippen LogP contribution in [0.3, 0.4) is 0 Å². The molecule has 3 heteroatoms. The van der Waals surface area contributed by atoms with Crippen molar-refractivity contribution < 1.29 is 14.7 Å². The number of fused-ring (bicyclic) bond motifs is 1. The van der Waals surface area contributed by atoms with Crippen LogP contribution in [0.5, 0.6) is 0 Å². The Kier molecular flexibility index (Phi) is 5.68. The highest BCUT2D eigenvalue weighted by Crippen LogP contribution is 2.56. The van der Waals surface area contributed by atoms with Gasteiger partial charge in [-0.3, -0.25) is 9.59 Å². The molecule has 0 aromatic rings. The summed E-state index contributed by atoms with van der Waals surface area (Å²) in [4.78, 5) is 23.6. The molecule has 3 nitrogen and oxygen atoms in total. The molecule has 0 aliphatic heterocycles. The van der Waals surface area contributed by atoms with Gasteiger partial charge < -0.3 is 5.11 Å². The molecular weight excluding hydrogens is 276 g/mol. The lowest BCUT2D eigenvalue weighted by molar-refractivity contribution is -0.141. The van der Waals surface area contributed by atoms with Gasteiger partial charge in [0.25, 0.3) is 0 Å². The molecule has 5 atom stereocenters. The normalized spacial score (nSPS) is 36.7. The molecule has 0 saturated heterocycles. The Morgan fingerprint density at radius 1 is 1.41 bits per heavy atom. The lowest BCUT2D eigenvalue weighted by Crippen LogP contribution is -2.49. The first-order valence-electron chi connectivity index (χ1n) is 9.15. The molecule has 0 spiro atoms. The minimum absolute atomic E-state index is 0.172. The third kappa shape index (κ3) is 3.38. The molecule has 2 aliphatic carbocycles. The second-order valence-electron chi connectivity index (χ2n) is 7.91. The van der Waals surface area contributed by atoms with Gasteiger partial charge in [-0.25, -0.2) is 0 Å². The van der Waals surface area contributed by atoms with Gasteiger partial charge in [-0.1, -0.05) is 46.5 Å². The van der Waals surface area contributed by atoms with Crippen molar-refractivity contribution in [3.8, 4) is 0 Å². The van der Waals surface area contributed by atoms with E-state index in [9.17, 15) is 9.59 Å². The number of carbonyl (C=O) groups excluding carboxylic acids is 1. The number of rotatable bonds is 6. The molecule has 126 valence electrons. The molecule has 1 N–H and O–H groups in total. The average molecular weight is 308 g/mol. The van der Waals surface area contributed by atoms with Crippen molar-refractivity contribution in [2.75, 3.05) is 0 Å². The van der Waals surface area contributed by atoms with Gasteiger partial charge in [-0.2, -0.15) is 0 Å². The first-order valence-corrected chi connectivity index (χ1v) is 9.15. The predicted molar refractivity (Wildman–Crippen MR) is 87.6 cm³/mol. The Morgan fingerprint density at radius 3 is 2.77 bits per heavy atom. The van der Waals surface area contributed by atoms with Crippen LogP contribution in [0.25, 0.3) is 0 Å². The maximum atomic E-state index is 12.7. The summed E-state index contributed by atoms with van der Waals surface area (Å²) in [5.74, 6) is 0.703. The number of Topliss-reactive ketones (excluding diaryl/α,β-unsaturated/α-hetero) is 1. The Morgan fingerprint density at radius 2 is 2.14 bits per heavy atom. The summed E-state index contributed by atoms with van der Waals surface area (Å²) in [6.45, 7) is 6.41. The number of hydrogen-bond donors (Lipinski definition) is 1. The van der Waals surface area contributed by atoms with Gasteiger partial charge in [-0.15, -0.1) is 0 Å². The van der Waals surface area contributed by atoms with Gasteiger partial charge in [0.2, 0.25) is 0 Å². The highest BCUT2D eigenvalue weighted by atomic mass is 16.4. The van der Waals surface area contributed by atoms with Gasteiger partial charge in [0.1, 0.15) is 5.78 Å². The van der Waals surface area contributed by atoms with Crippen LogP contribution >= 0.6 is 0 Å². The van der Waals surface area contributed by atoms with E-state index >= 15 is 0 Å². The number of ketones is 1. The van der Waals surface area contributed by atoms with Gasteiger partial charge in [0, 0.05) is 12.3 Å². The Labute approximate surface area is 134 Å². The number of carbonyl (C=O) groups is 2. The number of aliphatic carboxylic acids is 1. The first-order chi connectivity index (χ1) is 10.4. The molecular formula is C19H32O3. The van der Waals surface area contributed by atoms with Crippen molar-refractivity contribution in [2.24, 2.45) is 29.1 Å². The Balaban J connectivity index is 2.02. The molecule has 0 bridgehead atoms. The van der Waals surface area contributed by atoms with Crippen LogP contribution < -0.4 is 0 Å². The lowest BCUT2D eigenvalue weighted by atomic mass is 9.51. The van der Waals surface area contributed by atoms with Crippen LogP contribution in [0, 0.1) is 29.1 Å². The molecule has 0 amide bonds. The molecule has 2 fully saturated rings. The Hall–Kier alpha value is -0.860. The summed E-state index contributed by atoms with van der Waals surface area (Å²) < 4.78 is 0. The third-order valence-corrected chi connectivity index (χ3v) is 6.66. The van der Waals surface area contributed by atoms with Crippen molar-refractivity contribution >= 4 is 11.8 Å². The Bertz CT molecular complexity index is 417. The molecule has 0 heterocycles. The van der Waals surface area contributed by atoms with E-state index in [-0.39, 0.29) is 11.8 Å². The molecule has 22 heavy (non-hydrogen) atoms. The minimum atomic E-state index is -0.721. The molecule has 2 rings (SSSR count). The maximum Gasteiger partial charge on any atom is 0.306 e. The van der Waals surface area contributed by atoms with Gasteiger partial charge in [0.05, 0.1) is 5.92 Å². The fourth-order valence-corrected chi connectivity index (χ4v) is 5.21. The second kappa shape index (κ2) is 7.14. The molecule has 2 saturated carbocycles. The SMILES string of the molecule is CCC1C(CCCC(C)C(=O)O)C(=O)C[C@@H]2CCCC[C@]12C. The van der Waals surface area contributed by atoms with Crippen LogP contribution in [-0.4, -0.2) is 16.9 Å². The monoisotopic (exact) mass is 308 g/mol. The number of carboxylic acids is 1. The van der Waals surface area contributed by atoms with E-state index < -0.39 is 5.97 Å². The summed E-state index contributed by atoms with van der Waals surface area (Å²) in [6, 6.07) is 0.